The lowest BCUT2D eigenvalue weighted by Crippen LogP contribution is -2.15. The third-order valence-corrected chi connectivity index (χ3v) is 6.17. The van der Waals surface area contributed by atoms with Gasteiger partial charge in [-0.3, -0.25) is 9.59 Å². The summed E-state index contributed by atoms with van der Waals surface area (Å²) in [5, 5.41) is 20.6. The van der Waals surface area contributed by atoms with Crippen LogP contribution < -0.4 is 9.47 Å². The van der Waals surface area contributed by atoms with Crippen molar-refractivity contribution in [1.29, 1.82) is 0 Å². The summed E-state index contributed by atoms with van der Waals surface area (Å²) >= 11 is 0. The molecule has 0 aliphatic rings. The van der Waals surface area contributed by atoms with Crippen molar-refractivity contribution >= 4 is 11.6 Å². The second-order valence-corrected chi connectivity index (χ2v) is 9.25. The minimum absolute atomic E-state index is 0.130. The Morgan fingerprint density at radius 2 is 0.944 bits per heavy atom. The Labute approximate surface area is 215 Å². The first-order valence-electron chi connectivity index (χ1n) is 13.5. The van der Waals surface area contributed by atoms with Gasteiger partial charge in [0.2, 0.25) is 11.6 Å². The van der Waals surface area contributed by atoms with Crippen molar-refractivity contribution in [3.05, 3.63) is 47.5 Å². The van der Waals surface area contributed by atoms with Crippen molar-refractivity contribution in [1.82, 2.24) is 0 Å². The minimum atomic E-state index is -0.897. The molecule has 198 valence electrons. The Bertz CT molecular complexity index is 875. The number of phenols is 2. The van der Waals surface area contributed by atoms with Gasteiger partial charge in [-0.05, 0) is 37.1 Å². The van der Waals surface area contributed by atoms with Crippen molar-refractivity contribution in [3.8, 4) is 23.0 Å². The van der Waals surface area contributed by atoms with E-state index in [0.29, 0.717) is 24.7 Å². The number of hydrogen-bond acceptors (Lipinski definition) is 6. The number of ketones is 2. The number of rotatable bonds is 19. The molecule has 2 N–H and O–H groups in total. The van der Waals surface area contributed by atoms with Gasteiger partial charge in [-0.2, -0.15) is 0 Å². The van der Waals surface area contributed by atoms with Crippen LogP contribution in [0.2, 0.25) is 0 Å². The number of carbonyl (C=O) groups is 2. The molecule has 0 heterocycles. The Morgan fingerprint density at radius 3 is 1.31 bits per heavy atom. The van der Waals surface area contributed by atoms with Crippen LogP contribution in [0.3, 0.4) is 0 Å². The lowest BCUT2D eigenvalue weighted by Gasteiger charge is -2.10. The number of benzene rings is 2. The lowest BCUT2D eigenvalue weighted by atomic mass is 10.00. The van der Waals surface area contributed by atoms with E-state index in [0.717, 1.165) is 25.7 Å². The van der Waals surface area contributed by atoms with Gasteiger partial charge < -0.3 is 19.7 Å². The summed E-state index contributed by atoms with van der Waals surface area (Å²) in [6.07, 6.45) is 13.7. The highest BCUT2D eigenvalue weighted by atomic mass is 16.5. The van der Waals surface area contributed by atoms with Crippen LogP contribution in [0.1, 0.15) is 112 Å². The molecule has 2 aromatic rings. The maximum Gasteiger partial charge on any atom is 0.237 e. The molecule has 0 bridgehead atoms. The molecule has 0 radical (unpaired) electrons. The highest BCUT2D eigenvalue weighted by Crippen LogP contribution is 2.29. The zero-order chi connectivity index (χ0) is 26.2. The fraction of sp³-hybridized carbons (Fsp3) is 0.533. The predicted molar refractivity (Wildman–Crippen MR) is 143 cm³/mol. The van der Waals surface area contributed by atoms with Crippen LogP contribution in [-0.4, -0.2) is 35.0 Å². The molecule has 0 aromatic heterocycles. The first kappa shape index (κ1) is 29.2. The van der Waals surface area contributed by atoms with Crippen molar-refractivity contribution in [2.24, 2.45) is 0 Å². The van der Waals surface area contributed by atoms with Gasteiger partial charge in [-0.15, -0.1) is 0 Å². The SMILES string of the molecule is CCCCCCCCOc1ccc(C(=O)C(=O)c2ccc(OCCCCCCCC)cc2O)c(O)c1. The molecule has 0 fully saturated rings. The molecule has 0 aliphatic carbocycles. The number of ether oxygens (including phenoxy) is 2. The van der Waals surface area contributed by atoms with E-state index in [1.165, 1.54) is 75.6 Å². The molecule has 2 rings (SSSR count). The normalized spacial score (nSPS) is 10.8. The van der Waals surface area contributed by atoms with E-state index in [1.54, 1.807) is 12.1 Å². The highest BCUT2D eigenvalue weighted by molar-refractivity contribution is 6.50. The van der Waals surface area contributed by atoms with Gasteiger partial charge in [0, 0.05) is 12.1 Å². The zero-order valence-corrected chi connectivity index (χ0v) is 21.9. The van der Waals surface area contributed by atoms with Crippen LogP contribution in [-0.2, 0) is 0 Å². The van der Waals surface area contributed by atoms with Crippen LogP contribution >= 0.6 is 0 Å². The second kappa shape index (κ2) is 16.6. The summed E-state index contributed by atoms with van der Waals surface area (Å²) < 4.78 is 11.3. The van der Waals surface area contributed by atoms with Gasteiger partial charge in [0.05, 0.1) is 24.3 Å². The molecular weight excluding hydrogens is 456 g/mol. The fourth-order valence-electron chi connectivity index (χ4n) is 3.98. The Morgan fingerprint density at radius 1 is 0.583 bits per heavy atom. The average molecular weight is 499 g/mol. The molecule has 0 aliphatic heterocycles. The predicted octanol–water partition coefficient (Wildman–Crippen LogP) is 7.64. The van der Waals surface area contributed by atoms with E-state index in [4.69, 9.17) is 9.47 Å². The molecule has 0 spiro atoms. The lowest BCUT2D eigenvalue weighted by molar-refractivity contribution is 0.0813. The van der Waals surface area contributed by atoms with Gasteiger partial charge in [0.15, 0.2) is 0 Å². The summed E-state index contributed by atoms with van der Waals surface area (Å²) in [7, 11) is 0. The van der Waals surface area contributed by atoms with Gasteiger partial charge in [-0.1, -0.05) is 78.1 Å². The van der Waals surface area contributed by atoms with Gasteiger partial charge in [0.25, 0.3) is 0 Å². The maximum absolute atomic E-state index is 12.7. The molecule has 2 aromatic carbocycles. The van der Waals surface area contributed by atoms with E-state index in [1.807, 2.05) is 0 Å². The second-order valence-electron chi connectivity index (χ2n) is 9.25. The molecule has 6 nitrogen and oxygen atoms in total. The molecule has 0 unspecified atom stereocenters. The standard InChI is InChI=1S/C30H42O6/c1-3-5-7-9-11-13-19-35-23-15-17-25(27(31)21-23)29(33)30(34)26-18-16-24(22-28(26)32)36-20-14-12-10-8-6-4-2/h15-18,21-22,31-32H,3-14,19-20H2,1-2H3. The van der Waals surface area contributed by atoms with Crippen LogP contribution in [0.25, 0.3) is 0 Å². The van der Waals surface area contributed by atoms with E-state index >= 15 is 0 Å². The topological polar surface area (TPSA) is 93.1 Å². The van der Waals surface area contributed by atoms with Crippen molar-refractivity contribution in [3.63, 3.8) is 0 Å². The first-order chi connectivity index (χ1) is 17.5. The molecular formula is C30H42O6. The van der Waals surface area contributed by atoms with E-state index in [9.17, 15) is 19.8 Å². The Balaban J connectivity index is 1.86. The van der Waals surface area contributed by atoms with E-state index in [-0.39, 0.29) is 22.6 Å². The molecule has 0 atom stereocenters. The Kier molecular flexibility index (Phi) is 13.5. The number of hydrogen-bond donors (Lipinski definition) is 2. The van der Waals surface area contributed by atoms with Crippen LogP contribution in [0.15, 0.2) is 36.4 Å². The molecule has 0 amide bonds. The number of aromatic hydroxyl groups is 2. The van der Waals surface area contributed by atoms with Crippen LogP contribution in [0.5, 0.6) is 23.0 Å². The zero-order valence-electron chi connectivity index (χ0n) is 21.9. The third kappa shape index (κ3) is 9.92. The largest absolute Gasteiger partial charge is 0.507 e. The van der Waals surface area contributed by atoms with Crippen molar-refractivity contribution in [2.75, 3.05) is 13.2 Å². The summed E-state index contributed by atoms with van der Waals surface area (Å²) in [6, 6.07) is 8.57. The monoisotopic (exact) mass is 498 g/mol. The fourth-order valence-corrected chi connectivity index (χ4v) is 3.98. The van der Waals surface area contributed by atoms with Crippen molar-refractivity contribution < 1.29 is 29.3 Å². The summed E-state index contributed by atoms with van der Waals surface area (Å²) in [4.78, 5) is 25.5. The minimum Gasteiger partial charge on any atom is -0.507 e. The molecule has 6 heteroatoms. The number of Topliss-reactive ketones (excluding diaryl/α,β-unsaturated/α-hetero) is 2. The van der Waals surface area contributed by atoms with Gasteiger partial charge in [0.1, 0.15) is 23.0 Å². The smallest absolute Gasteiger partial charge is 0.237 e. The highest BCUT2D eigenvalue weighted by Gasteiger charge is 2.24. The first-order valence-corrected chi connectivity index (χ1v) is 13.5. The number of unbranched alkanes of at least 4 members (excludes halogenated alkanes) is 10. The summed E-state index contributed by atoms with van der Waals surface area (Å²) in [5.74, 6) is -1.56. The summed E-state index contributed by atoms with van der Waals surface area (Å²) in [6.45, 7) is 5.42. The number of carbonyl (C=O) groups excluding carboxylic acids is 2. The van der Waals surface area contributed by atoms with E-state index in [2.05, 4.69) is 13.8 Å². The number of phenolic OH excluding ortho intramolecular Hbond substituents is 2. The molecule has 36 heavy (non-hydrogen) atoms. The maximum atomic E-state index is 12.7. The van der Waals surface area contributed by atoms with E-state index < -0.39 is 11.6 Å². The summed E-state index contributed by atoms with van der Waals surface area (Å²) in [5.41, 5.74) is -0.260. The van der Waals surface area contributed by atoms with Gasteiger partial charge >= 0.3 is 0 Å². The van der Waals surface area contributed by atoms with Gasteiger partial charge in [-0.25, -0.2) is 0 Å². The quantitative estimate of drug-likeness (QED) is 0.117. The van der Waals surface area contributed by atoms with Crippen molar-refractivity contribution in [2.45, 2.75) is 90.9 Å². The Hall–Kier alpha value is -3.02. The molecule has 0 saturated heterocycles. The molecule has 0 saturated carbocycles. The van der Waals surface area contributed by atoms with Crippen LogP contribution in [0.4, 0.5) is 0 Å². The average Bonchev–Trinajstić information content (AvgIpc) is 2.87. The third-order valence-electron chi connectivity index (χ3n) is 6.17. The van der Waals surface area contributed by atoms with Crippen LogP contribution in [0, 0.1) is 0 Å².